The topological polar surface area (TPSA) is 64.0 Å². The Bertz CT molecular complexity index is 1280. The number of aliphatic hydroxyl groups is 1. The molecule has 4 rings (SSSR count). The molecule has 1 heterocycles. The standard InChI is InChI=1S/C28H28F4N2O3/c1-26(2,21-16-20(29)12-13-24(21)35)17-27(37,28(30,31)32)18-33-14-15-34(23-11-7-6-10-22(23)33)25(36)19-8-4-3-5-9-19/h3-13,16,35,37H,14-15,17-18H2,1-2H3. The van der Waals surface area contributed by atoms with Crippen LogP contribution in [0.3, 0.4) is 0 Å². The van der Waals surface area contributed by atoms with E-state index in [-0.39, 0.29) is 30.3 Å². The summed E-state index contributed by atoms with van der Waals surface area (Å²) in [5.74, 6) is -1.33. The number of para-hydroxylation sites is 2. The summed E-state index contributed by atoms with van der Waals surface area (Å²) in [4.78, 5) is 16.1. The summed E-state index contributed by atoms with van der Waals surface area (Å²) < 4.78 is 57.1. The monoisotopic (exact) mass is 516 g/mol. The van der Waals surface area contributed by atoms with E-state index in [2.05, 4.69) is 0 Å². The van der Waals surface area contributed by atoms with Crippen LogP contribution in [0.4, 0.5) is 28.9 Å². The van der Waals surface area contributed by atoms with Crippen LogP contribution in [0.25, 0.3) is 0 Å². The third-order valence-corrected chi connectivity index (χ3v) is 6.77. The van der Waals surface area contributed by atoms with E-state index < -0.39 is 36.0 Å². The number of hydrogen-bond acceptors (Lipinski definition) is 4. The number of fused-ring (bicyclic) bond motifs is 1. The summed E-state index contributed by atoms with van der Waals surface area (Å²) in [6.07, 6.45) is -5.86. The maximum Gasteiger partial charge on any atom is 0.418 e. The summed E-state index contributed by atoms with van der Waals surface area (Å²) in [6, 6.07) is 18.3. The van der Waals surface area contributed by atoms with E-state index in [1.54, 1.807) is 54.6 Å². The molecule has 0 aromatic heterocycles. The molecule has 0 fully saturated rings. The molecule has 2 N–H and O–H groups in total. The van der Waals surface area contributed by atoms with Gasteiger partial charge in [0.25, 0.3) is 5.91 Å². The lowest BCUT2D eigenvalue weighted by Gasteiger charge is -2.44. The van der Waals surface area contributed by atoms with Crippen molar-refractivity contribution in [3.05, 3.63) is 89.7 Å². The van der Waals surface area contributed by atoms with Crippen LogP contribution in [0, 0.1) is 5.82 Å². The summed E-state index contributed by atoms with van der Waals surface area (Å²) in [5.41, 5.74) is -3.39. The Hall–Kier alpha value is -3.59. The highest BCUT2D eigenvalue weighted by molar-refractivity contribution is 6.08. The first-order chi connectivity index (χ1) is 17.3. The Labute approximate surface area is 212 Å². The third-order valence-electron chi connectivity index (χ3n) is 6.77. The molecule has 0 saturated carbocycles. The number of aromatic hydroxyl groups is 1. The maximum absolute atomic E-state index is 14.4. The van der Waals surface area contributed by atoms with Crippen LogP contribution in [-0.2, 0) is 5.41 Å². The predicted octanol–water partition coefficient (Wildman–Crippen LogP) is 5.66. The van der Waals surface area contributed by atoms with Crippen LogP contribution in [0.2, 0.25) is 0 Å². The Morgan fingerprint density at radius 1 is 0.919 bits per heavy atom. The molecule has 3 aromatic carbocycles. The van der Waals surface area contributed by atoms with Gasteiger partial charge in [0.15, 0.2) is 5.60 Å². The fourth-order valence-electron chi connectivity index (χ4n) is 4.97. The average Bonchev–Trinajstić information content (AvgIpc) is 2.85. The Morgan fingerprint density at radius 2 is 1.54 bits per heavy atom. The third kappa shape index (κ3) is 5.27. The molecule has 5 nitrogen and oxygen atoms in total. The Morgan fingerprint density at radius 3 is 2.19 bits per heavy atom. The van der Waals surface area contributed by atoms with E-state index in [9.17, 15) is 32.6 Å². The zero-order chi connectivity index (χ0) is 27.0. The van der Waals surface area contributed by atoms with Crippen molar-refractivity contribution in [2.24, 2.45) is 0 Å². The van der Waals surface area contributed by atoms with Gasteiger partial charge >= 0.3 is 6.18 Å². The minimum Gasteiger partial charge on any atom is -0.508 e. The van der Waals surface area contributed by atoms with E-state index in [0.717, 1.165) is 18.2 Å². The summed E-state index contributed by atoms with van der Waals surface area (Å²) >= 11 is 0. The second-order valence-corrected chi connectivity index (χ2v) is 9.98. The van der Waals surface area contributed by atoms with Crippen LogP contribution in [0.1, 0.15) is 36.2 Å². The lowest BCUT2D eigenvalue weighted by Crippen LogP contribution is -2.58. The molecule has 0 aliphatic carbocycles. The summed E-state index contributed by atoms with van der Waals surface area (Å²) in [7, 11) is 0. The van der Waals surface area contributed by atoms with Gasteiger partial charge in [-0.05, 0) is 54.3 Å². The molecule has 0 bridgehead atoms. The van der Waals surface area contributed by atoms with Gasteiger partial charge in [-0.3, -0.25) is 4.79 Å². The van der Waals surface area contributed by atoms with Crippen molar-refractivity contribution in [1.82, 2.24) is 0 Å². The van der Waals surface area contributed by atoms with Crippen molar-refractivity contribution in [2.75, 3.05) is 29.4 Å². The first kappa shape index (κ1) is 26.5. The van der Waals surface area contributed by atoms with Gasteiger partial charge in [0, 0.05) is 24.2 Å². The van der Waals surface area contributed by atoms with Crippen molar-refractivity contribution in [1.29, 1.82) is 0 Å². The first-order valence-corrected chi connectivity index (χ1v) is 11.8. The lowest BCUT2D eigenvalue weighted by molar-refractivity contribution is -0.262. The van der Waals surface area contributed by atoms with E-state index in [4.69, 9.17) is 0 Å². The molecule has 3 aromatic rings. The number of rotatable bonds is 6. The highest BCUT2D eigenvalue weighted by atomic mass is 19.4. The van der Waals surface area contributed by atoms with Crippen molar-refractivity contribution >= 4 is 17.3 Å². The van der Waals surface area contributed by atoms with Crippen LogP contribution in [-0.4, -0.2) is 47.5 Å². The second kappa shape index (κ2) is 9.70. The van der Waals surface area contributed by atoms with Gasteiger partial charge in [-0.25, -0.2) is 4.39 Å². The summed E-state index contributed by atoms with van der Waals surface area (Å²) in [6.45, 7) is 2.21. The first-order valence-electron chi connectivity index (χ1n) is 11.8. The molecule has 9 heteroatoms. The van der Waals surface area contributed by atoms with Crippen molar-refractivity contribution in [2.45, 2.75) is 37.5 Å². The Balaban J connectivity index is 1.66. The number of nitrogens with zero attached hydrogens (tertiary/aromatic N) is 2. The van der Waals surface area contributed by atoms with Gasteiger partial charge in [-0.15, -0.1) is 0 Å². The number of hydrogen-bond donors (Lipinski definition) is 2. The molecule has 0 radical (unpaired) electrons. The van der Waals surface area contributed by atoms with Gasteiger partial charge < -0.3 is 20.0 Å². The molecular formula is C28H28F4N2O3. The average molecular weight is 517 g/mol. The van der Waals surface area contributed by atoms with Crippen molar-refractivity contribution in [3.63, 3.8) is 0 Å². The molecule has 1 amide bonds. The maximum atomic E-state index is 14.4. The van der Waals surface area contributed by atoms with E-state index in [1.165, 1.54) is 23.6 Å². The van der Waals surface area contributed by atoms with Crippen LogP contribution in [0.15, 0.2) is 72.8 Å². The van der Waals surface area contributed by atoms with Crippen LogP contribution >= 0.6 is 0 Å². The van der Waals surface area contributed by atoms with Gasteiger partial charge in [0.05, 0.1) is 17.9 Å². The fourth-order valence-corrected chi connectivity index (χ4v) is 4.97. The van der Waals surface area contributed by atoms with Crippen molar-refractivity contribution < 1.29 is 32.6 Å². The number of anilines is 2. The van der Waals surface area contributed by atoms with Gasteiger partial charge in [-0.2, -0.15) is 13.2 Å². The number of carbonyl (C=O) groups is 1. The number of phenols is 1. The minimum absolute atomic E-state index is 0.0335. The van der Waals surface area contributed by atoms with Gasteiger partial charge in [-0.1, -0.05) is 44.2 Å². The summed E-state index contributed by atoms with van der Waals surface area (Å²) in [5, 5.41) is 21.3. The number of phenolic OH excluding ortho intramolecular Hbond substituents is 1. The molecule has 0 spiro atoms. The number of halogens is 4. The smallest absolute Gasteiger partial charge is 0.418 e. The number of carbonyl (C=O) groups excluding carboxylic acids is 1. The molecule has 37 heavy (non-hydrogen) atoms. The minimum atomic E-state index is -5.03. The van der Waals surface area contributed by atoms with Crippen LogP contribution < -0.4 is 9.80 Å². The molecule has 1 aliphatic heterocycles. The molecular weight excluding hydrogens is 488 g/mol. The zero-order valence-electron chi connectivity index (χ0n) is 20.5. The molecule has 0 saturated heterocycles. The van der Waals surface area contributed by atoms with E-state index in [1.807, 2.05) is 0 Å². The molecule has 1 atom stereocenters. The largest absolute Gasteiger partial charge is 0.508 e. The Kier molecular flexibility index (Phi) is 6.94. The van der Waals surface area contributed by atoms with Crippen LogP contribution in [0.5, 0.6) is 5.75 Å². The number of β-amino-alcohol motifs (C(OH)–C–C–N with tert-alkyl or cyclic N) is 1. The molecule has 1 unspecified atom stereocenters. The second-order valence-electron chi connectivity index (χ2n) is 9.98. The van der Waals surface area contributed by atoms with E-state index >= 15 is 0 Å². The number of amides is 1. The molecule has 1 aliphatic rings. The number of alkyl halides is 3. The quantitative estimate of drug-likeness (QED) is 0.415. The van der Waals surface area contributed by atoms with E-state index in [0.29, 0.717) is 16.9 Å². The lowest BCUT2D eigenvalue weighted by atomic mass is 9.74. The zero-order valence-corrected chi connectivity index (χ0v) is 20.5. The SMILES string of the molecule is CC(C)(CC(O)(CN1CCN(C(=O)c2ccccc2)c2ccccc21)C(F)(F)F)c1cc(F)ccc1O. The van der Waals surface area contributed by atoms with Crippen molar-refractivity contribution in [3.8, 4) is 5.75 Å². The van der Waals surface area contributed by atoms with Gasteiger partial charge in [0.1, 0.15) is 11.6 Å². The molecule has 196 valence electrons. The number of benzene rings is 3. The highest BCUT2D eigenvalue weighted by Gasteiger charge is 2.57. The normalized spacial score (nSPS) is 15.8. The fraction of sp³-hybridized carbons (Fsp3) is 0.321. The predicted molar refractivity (Wildman–Crippen MR) is 133 cm³/mol. The van der Waals surface area contributed by atoms with Gasteiger partial charge in [0.2, 0.25) is 0 Å². The highest BCUT2D eigenvalue weighted by Crippen LogP contribution is 2.45.